The summed E-state index contributed by atoms with van der Waals surface area (Å²) in [7, 11) is -9.76. The van der Waals surface area contributed by atoms with Crippen molar-refractivity contribution in [3.8, 4) is 0 Å². The molecule has 2 aliphatic heterocycles. The highest BCUT2D eigenvalue weighted by atomic mass is 32.2. The number of benzene rings is 2. The Balaban J connectivity index is 1.58. The normalized spacial score (nSPS) is 23.9. The Morgan fingerprint density at radius 2 is 1.80 bits per heavy atom. The number of phosphoric ester groups is 1. The van der Waals surface area contributed by atoms with Gasteiger partial charge in [0.2, 0.25) is 0 Å². The van der Waals surface area contributed by atoms with Gasteiger partial charge in [0.1, 0.15) is 6.10 Å². The molecule has 5 atom stereocenters. The molecule has 44 heavy (non-hydrogen) atoms. The molecule has 242 valence electrons. The van der Waals surface area contributed by atoms with Gasteiger partial charge in [0.05, 0.1) is 42.8 Å². The van der Waals surface area contributed by atoms with Crippen LogP contribution in [0.1, 0.15) is 37.7 Å². The number of carboxylic acid groups (broad SMARTS) is 1. The lowest BCUT2D eigenvalue weighted by Gasteiger charge is -2.41. The van der Waals surface area contributed by atoms with Crippen LogP contribution >= 0.6 is 7.82 Å². The third kappa shape index (κ3) is 7.79. The summed E-state index contributed by atoms with van der Waals surface area (Å²) in [6.45, 7) is -0.371. The van der Waals surface area contributed by atoms with Gasteiger partial charge >= 0.3 is 13.9 Å². The van der Waals surface area contributed by atoms with Crippen molar-refractivity contribution in [3.63, 3.8) is 0 Å². The summed E-state index contributed by atoms with van der Waals surface area (Å²) in [6, 6.07) is 12.3. The van der Waals surface area contributed by atoms with Crippen molar-refractivity contribution in [1.82, 2.24) is 9.37 Å². The van der Waals surface area contributed by atoms with E-state index in [1.165, 1.54) is 24.3 Å². The lowest BCUT2D eigenvalue weighted by atomic mass is 9.93. The van der Waals surface area contributed by atoms with Crippen LogP contribution in [0.5, 0.6) is 0 Å². The molecule has 0 spiro atoms. The average Bonchev–Trinajstić information content (AvgIpc) is 3.72. The number of ether oxygens (including phenoxy) is 2. The molecular formula is C28H38N3O11PS. The number of nitrogen functional groups attached to an aromatic ring is 1. The van der Waals surface area contributed by atoms with Gasteiger partial charge in [0.25, 0.3) is 10.0 Å². The van der Waals surface area contributed by atoms with Crippen LogP contribution in [0.25, 0.3) is 0 Å². The van der Waals surface area contributed by atoms with Crippen LogP contribution in [0, 0.1) is 5.92 Å². The monoisotopic (exact) mass is 655 g/mol. The van der Waals surface area contributed by atoms with Gasteiger partial charge in [-0.05, 0) is 49.4 Å². The molecule has 5 rings (SSSR count). The highest BCUT2D eigenvalue weighted by molar-refractivity contribution is 7.89. The fourth-order valence-electron chi connectivity index (χ4n) is 6.22. The molecule has 2 saturated heterocycles. The molecule has 2 heterocycles. The van der Waals surface area contributed by atoms with E-state index in [1.807, 2.05) is 0 Å². The summed E-state index contributed by atoms with van der Waals surface area (Å²) in [5, 5.41) is 10.6. The quantitative estimate of drug-likeness (QED) is 0.140. The molecule has 3 fully saturated rings. The first kappa shape index (κ1) is 32.8. The van der Waals surface area contributed by atoms with Gasteiger partial charge < -0.3 is 30.1 Å². The Labute approximate surface area is 255 Å². The van der Waals surface area contributed by atoms with Gasteiger partial charge in [-0.25, -0.2) is 17.8 Å². The Morgan fingerprint density at radius 3 is 2.45 bits per heavy atom. The first-order chi connectivity index (χ1) is 20.9. The topological polar surface area (TPSA) is 198 Å². The lowest BCUT2D eigenvalue weighted by molar-refractivity contribution is -0.147. The van der Waals surface area contributed by atoms with E-state index in [1.54, 1.807) is 30.3 Å². The lowest BCUT2D eigenvalue weighted by Crippen LogP contribution is -2.58. The molecule has 2 aromatic rings. The third-order valence-electron chi connectivity index (χ3n) is 8.26. The highest BCUT2D eigenvalue weighted by Crippen LogP contribution is 2.42. The SMILES string of the molecule is Nc1cccc(S(=O)(=O)N(C[C@@H](OP(=O)(O)O)[C@H](Cc2ccccc2)N(C(=O)O)[C@H]2CO[C@H]3OCC[C@H]32)OC2CCCC2)c1. The second-order valence-electron chi connectivity index (χ2n) is 11.2. The smallest absolute Gasteiger partial charge is 0.465 e. The molecular weight excluding hydrogens is 617 g/mol. The fraction of sp³-hybridized carbons (Fsp3) is 0.536. The number of rotatable bonds is 13. The summed E-state index contributed by atoms with van der Waals surface area (Å²) < 4.78 is 57.7. The molecule has 1 saturated carbocycles. The van der Waals surface area contributed by atoms with Crippen molar-refractivity contribution in [2.75, 3.05) is 25.5 Å². The van der Waals surface area contributed by atoms with Crippen molar-refractivity contribution in [2.24, 2.45) is 5.92 Å². The van der Waals surface area contributed by atoms with Crippen LogP contribution in [0.2, 0.25) is 0 Å². The van der Waals surface area contributed by atoms with Gasteiger partial charge in [0, 0.05) is 11.6 Å². The largest absolute Gasteiger partial charge is 0.469 e. The van der Waals surface area contributed by atoms with Crippen molar-refractivity contribution in [2.45, 2.75) is 74.0 Å². The molecule has 1 amide bonds. The molecule has 3 aliphatic rings. The minimum absolute atomic E-state index is 0.0145. The molecule has 16 heteroatoms. The van der Waals surface area contributed by atoms with Crippen LogP contribution in [-0.2, 0) is 39.8 Å². The summed E-state index contributed by atoms with van der Waals surface area (Å²) in [5.74, 6) is -0.332. The van der Waals surface area contributed by atoms with Crippen LogP contribution in [0.4, 0.5) is 10.5 Å². The van der Waals surface area contributed by atoms with E-state index in [2.05, 4.69) is 0 Å². The number of phosphoric acid groups is 1. The Hall–Kier alpha value is -2.59. The first-order valence-electron chi connectivity index (χ1n) is 14.5. The van der Waals surface area contributed by atoms with E-state index >= 15 is 0 Å². The molecule has 0 radical (unpaired) electrons. The summed E-state index contributed by atoms with van der Waals surface area (Å²) >= 11 is 0. The molecule has 0 aromatic heterocycles. The number of carbonyl (C=O) groups is 1. The van der Waals surface area contributed by atoms with Crippen LogP contribution in [0.3, 0.4) is 0 Å². The molecule has 1 aliphatic carbocycles. The minimum atomic E-state index is -5.30. The molecule has 5 N–H and O–H groups in total. The van der Waals surface area contributed by atoms with Gasteiger partial charge in [-0.3, -0.25) is 14.3 Å². The Morgan fingerprint density at radius 1 is 1.07 bits per heavy atom. The van der Waals surface area contributed by atoms with Crippen LogP contribution < -0.4 is 5.73 Å². The maximum atomic E-state index is 14.0. The maximum absolute atomic E-state index is 14.0. The Bertz CT molecular complexity index is 1440. The van der Waals surface area contributed by atoms with E-state index in [0.29, 0.717) is 35.9 Å². The van der Waals surface area contributed by atoms with Crippen molar-refractivity contribution in [1.29, 1.82) is 0 Å². The second-order valence-corrected chi connectivity index (χ2v) is 14.3. The zero-order valence-electron chi connectivity index (χ0n) is 24.0. The fourth-order valence-corrected chi connectivity index (χ4v) is 8.13. The number of hydrogen-bond acceptors (Lipinski definition) is 9. The van der Waals surface area contributed by atoms with Crippen molar-refractivity contribution in [3.05, 3.63) is 60.2 Å². The zero-order valence-corrected chi connectivity index (χ0v) is 25.7. The van der Waals surface area contributed by atoms with E-state index in [4.69, 9.17) is 24.6 Å². The number of fused-ring (bicyclic) bond motifs is 1. The highest BCUT2D eigenvalue weighted by Gasteiger charge is 2.50. The van der Waals surface area contributed by atoms with Crippen molar-refractivity contribution >= 4 is 29.6 Å². The van der Waals surface area contributed by atoms with E-state index < -0.39 is 61.1 Å². The number of amides is 1. The van der Waals surface area contributed by atoms with Gasteiger partial charge in [-0.15, -0.1) is 0 Å². The summed E-state index contributed by atoms with van der Waals surface area (Å²) in [4.78, 5) is 40.0. The van der Waals surface area contributed by atoms with E-state index in [9.17, 15) is 32.7 Å². The molecule has 14 nitrogen and oxygen atoms in total. The van der Waals surface area contributed by atoms with Crippen molar-refractivity contribution < 1.29 is 51.5 Å². The number of nitrogens with zero attached hydrogens (tertiary/aromatic N) is 2. The van der Waals surface area contributed by atoms with Gasteiger partial charge in [0.15, 0.2) is 6.29 Å². The van der Waals surface area contributed by atoms with Gasteiger partial charge in [-0.2, -0.15) is 0 Å². The van der Waals surface area contributed by atoms with E-state index in [0.717, 1.165) is 17.7 Å². The van der Waals surface area contributed by atoms with Crippen LogP contribution in [-0.4, -0.2) is 89.1 Å². The average molecular weight is 656 g/mol. The first-order valence-corrected chi connectivity index (χ1v) is 17.5. The number of hydroxylamine groups is 1. The standard InChI is InChI=1S/C28H38N3O11PS/c29-20-9-6-12-22(16-20)44(37,38)30(41-21-10-4-5-11-21)17-26(42-43(34,35)36)24(15-19-7-2-1-3-8-19)31(28(32)33)25-18-40-27-23(25)13-14-39-27/h1-3,6-9,12,16,21,23-27H,4-5,10-11,13-15,17-18,29H2,(H,32,33)(H2,34,35,36)/t23-,24-,25-,26+,27+/m0/s1. The molecule has 0 unspecified atom stereocenters. The Kier molecular flexibility index (Phi) is 10.3. The van der Waals surface area contributed by atoms with E-state index in [-0.39, 0.29) is 29.5 Å². The summed E-state index contributed by atoms with van der Waals surface area (Å²) in [6.07, 6.45) is -0.919. The van der Waals surface area contributed by atoms with Crippen LogP contribution in [0.15, 0.2) is 59.5 Å². The number of anilines is 1. The number of nitrogens with two attached hydrogens (primary N) is 1. The summed E-state index contributed by atoms with van der Waals surface area (Å²) in [5.41, 5.74) is 6.70. The molecule has 0 bridgehead atoms. The number of hydrogen-bond donors (Lipinski definition) is 4. The third-order valence-corrected chi connectivity index (χ3v) is 10.4. The zero-order chi connectivity index (χ0) is 31.5. The maximum Gasteiger partial charge on any atom is 0.469 e. The van der Waals surface area contributed by atoms with Gasteiger partial charge in [-0.1, -0.05) is 53.7 Å². The predicted octanol–water partition coefficient (Wildman–Crippen LogP) is 2.96. The number of sulfonamides is 1. The molecule has 2 aromatic carbocycles. The minimum Gasteiger partial charge on any atom is -0.465 e. The predicted molar refractivity (Wildman–Crippen MR) is 156 cm³/mol. The second kappa shape index (κ2) is 13.8.